The number of aliphatic imine (C=N–C) groups is 1. The molecule has 1 aromatic heterocycles. The maximum Gasteiger partial charge on any atom is 0.203 e. The third-order valence-corrected chi connectivity index (χ3v) is 6.20. The van der Waals surface area contributed by atoms with Gasteiger partial charge in [-0.1, -0.05) is 11.6 Å². The van der Waals surface area contributed by atoms with Crippen LogP contribution in [0.2, 0.25) is 4.34 Å². The lowest BCUT2D eigenvalue weighted by Gasteiger charge is -2.11. The van der Waals surface area contributed by atoms with E-state index in [1.807, 2.05) is 0 Å². The average molecular weight is 332 g/mol. The van der Waals surface area contributed by atoms with Gasteiger partial charge in [-0.15, -0.1) is 11.3 Å². The van der Waals surface area contributed by atoms with E-state index in [0.717, 1.165) is 14.4 Å². The highest BCUT2D eigenvalue weighted by Gasteiger charge is 2.21. The number of hydrogen-bond donors (Lipinski definition) is 1. The fourth-order valence-electron chi connectivity index (χ4n) is 0.854. The molecule has 2 heterocycles. The Morgan fingerprint density at radius 3 is 3.00 bits per heavy atom. The number of thiophene rings is 1. The number of hydrogen-bond acceptors (Lipinski definition) is 5. The van der Waals surface area contributed by atoms with Gasteiger partial charge < -0.3 is 4.72 Å². The van der Waals surface area contributed by atoms with Crippen molar-refractivity contribution in [3.8, 4) is 0 Å². The molecule has 1 N–H and O–H groups in total. The number of fused-ring (bicyclic) bond motifs is 1. The van der Waals surface area contributed by atoms with Gasteiger partial charge in [0.25, 0.3) is 0 Å². The second-order valence-electron chi connectivity index (χ2n) is 2.40. The molecule has 14 heavy (non-hydrogen) atoms. The van der Waals surface area contributed by atoms with Gasteiger partial charge in [0.1, 0.15) is 9.34 Å². The van der Waals surface area contributed by atoms with Gasteiger partial charge in [-0.25, -0.2) is 4.99 Å². The molecule has 0 amide bonds. The Morgan fingerprint density at radius 2 is 2.36 bits per heavy atom. The minimum atomic E-state index is -1.09. The van der Waals surface area contributed by atoms with Gasteiger partial charge in [-0.2, -0.15) is 0 Å². The van der Waals surface area contributed by atoms with E-state index in [9.17, 15) is 4.21 Å². The Kier molecular flexibility index (Phi) is 3.23. The summed E-state index contributed by atoms with van der Waals surface area (Å²) in [5.74, 6) is 0. The van der Waals surface area contributed by atoms with Crippen LogP contribution in [-0.4, -0.2) is 15.6 Å². The predicted octanol–water partition coefficient (Wildman–Crippen LogP) is 3.14. The first-order valence-electron chi connectivity index (χ1n) is 3.42. The van der Waals surface area contributed by atoms with Crippen LogP contribution in [-0.2, 0) is 10.8 Å². The van der Waals surface area contributed by atoms with Crippen molar-refractivity contribution < 1.29 is 4.21 Å². The van der Waals surface area contributed by atoms with Gasteiger partial charge in [0.05, 0.1) is 20.2 Å². The van der Waals surface area contributed by atoms with E-state index in [1.54, 1.807) is 6.26 Å². The quantitative estimate of drug-likeness (QED) is 0.743. The summed E-state index contributed by atoms with van der Waals surface area (Å²) < 4.78 is 15.6. The summed E-state index contributed by atoms with van der Waals surface area (Å²) in [5.41, 5.74) is 0. The monoisotopic (exact) mass is 330 g/mol. The van der Waals surface area contributed by atoms with Crippen LogP contribution in [0.3, 0.4) is 0 Å². The van der Waals surface area contributed by atoms with Crippen molar-refractivity contribution in [3.63, 3.8) is 0 Å². The molecule has 0 fully saturated rings. The highest BCUT2D eigenvalue weighted by Crippen LogP contribution is 2.48. The van der Waals surface area contributed by atoms with Crippen LogP contribution in [0.15, 0.2) is 14.4 Å². The zero-order chi connectivity index (χ0) is 10.3. The van der Waals surface area contributed by atoms with Gasteiger partial charge in [-0.3, -0.25) is 4.21 Å². The summed E-state index contributed by atoms with van der Waals surface area (Å²) in [7, 11) is -1.09. The van der Waals surface area contributed by atoms with Crippen LogP contribution < -0.4 is 4.72 Å². The molecule has 0 aromatic carbocycles. The van der Waals surface area contributed by atoms with Crippen molar-refractivity contribution in [2.24, 2.45) is 4.99 Å². The maximum atomic E-state index is 11.2. The molecule has 1 atom stereocenters. The van der Waals surface area contributed by atoms with Gasteiger partial charge >= 0.3 is 0 Å². The Labute approximate surface area is 105 Å². The van der Waals surface area contributed by atoms with E-state index < -0.39 is 10.8 Å². The van der Waals surface area contributed by atoms with E-state index in [1.165, 1.54) is 23.3 Å². The zero-order valence-corrected chi connectivity index (χ0v) is 11.6. The lowest BCUT2D eigenvalue weighted by atomic mass is 10.6. The number of halogens is 2. The highest BCUT2D eigenvalue weighted by molar-refractivity contribution is 9.10. The van der Waals surface area contributed by atoms with Crippen molar-refractivity contribution in [3.05, 3.63) is 8.81 Å². The van der Waals surface area contributed by atoms with Crippen LogP contribution in [0.25, 0.3) is 0 Å². The predicted molar refractivity (Wildman–Crippen MR) is 67.2 cm³/mol. The zero-order valence-electron chi connectivity index (χ0n) is 6.84. The number of rotatable bonds is 0. The normalized spacial score (nSPS) is 16.9. The number of amidine groups is 1. The van der Waals surface area contributed by atoms with Crippen molar-refractivity contribution in [1.82, 2.24) is 4.72 Å². The molecule has 0 spiro atoms. The number of nitrogens with one attached hydrogen (secondary N) is 1. The molecule has 76 valence electrons. The third-order valence-electron chi connectivity index (χ3n) is 1.47. The SMILES string of the molecule is CS(=O)C1=Nc2sc(Cl)c(Br)c2SN1. The lowest BCUT2D eigenvalue weighted by Crippen LogP contribution is -2.22. The van der Waals surface area contributed by atoms with E-state index >= 15 is 0 Å². The summed E-state index contributed by atoms with van der Waals surface area (Å²) in [5, 5.41) is 1.28. The van der Waals surface area contributed by atoms with E-state index in [0.29, 0.717) is 9.50 Å². The highest BCUT2D eigenvalue weighted by atomic mass is 79.9. The summed E-state index contributed by atoms with van der Waals surface area (Å²) in [6.45, 7) is 0. The Bertz CT molecular complexity index is 445. The van der Waals surface area contributed by atoms with Crippen molar-refractivity contribution in [2.75, 3.05) is 6.26 Å². The average Bonchev–Trinajstić information content (AvgIpc) is 2.42. The van der Waals surface area contributed by atoms with Crippen molar-refractivity contribution in [1.29, 1.82) is 0 Å². The Balaban J connectivity index is 2.50. The molecule has 1 unspecified atom stereocenters. The molecule has 1 aliphatic heterocycles. The molecule has 8 heteroatoms. The molecule has 0 bridgehead atoms. The molecule has 1 aliphatic rings. The largest absolute Gasteiger partial charge is 0.302 e. The van der Waals surface area contributed by atoms with Crippen LogP contribution in [0.1, 0.15) is 0 Å². The van der Waals surface area contributed by atoms with E-state index in [4.69, 9.17) is 11.6 Å². The first-order valence-corrected chi connectivity index (χ1v) is 7.78. The first-order chi connectivity index (χ1) is 6.59. The minimum Gasteiger partial charge on any atom is -0.302 e. The second-order valence-corrected chi connectivity index (χ2v) is 6.90. The maximum absolute atomic E-state index is 11.2. The lowest BCUT2D eigenvalue weighted by molar-refractivity contribution is 0.692. The van der Waals surface area contributed by atoms with Crippen molar-refractivity contribution >= 4 is 71.8 Å². The molecule has 0 aliphatic carbocycles. The molecule has 0 saturated heterocycles. The van der Waals surface area contributed by atoms with E-state index in [2.05, 4.69) is 25.6 Å². The summed E-state index contributed by atoms with van der Waals surface area (Å²) >= 11 is 12.0. The van der Waals surface area contributed by atoms with Gasteiger partial charge in [0, 0.05) is 6.26 Å². The van der Waals surface area contributed by atoms with Gasteiger partial charge in [-0.05, 0) is 27.9 Å². The summed E-state index contributed by atoms with van der Waals surface area (Å²) in [6.07, 6.45) is 1.58. The Morgan fingerprint density at radius 1 is 1.64 bits per heavy atom. The van der Waals surface area contributed by atoms with Gasteiger partial charge in [0.2, 0.25) is 5.17 Å². The van der Waals surface area contributed by atoms with E-state index in [-0.39, 0.29) is 0 Å². The van der Waals surface area contributed by atoms with Crippen molar-refractivity contribution in [2.45, 2.75) is 4.90 Å². The molecule has 2 rings (SSSR count). The standard InChI is InChI=1S/C6H4BrClN2OS3/c1-14(11)6-9-5-3(13-10-6)2(7)4(8)12-5/h1H3,(H,9,10). The van der Waals surface area contributed by atoms with Crippen LogP contribution in [0, 0.1) is 0 Å². The molecular weight excluding hydrogens is 328 g/mol. The number of nitrogens with zero attached hydrogens (tertiary/aromatic N) is 1. The summed E-state index contributed by atoms with van der Waals surface area (Å²) in [6, 6.07) is 0. The second kappa shape index (κ2) is 4.13. The first kappa shape index (κ1) is 10.9. The molecule has 1 aromatic rings. The fraction of sp³-hybridized carbons (Fsp3) is 0.167. The Hall–Kier alpha value is 0.440. The summed E-state index contributed by atoms with van der Waals surface area (Å²) in [4.78, 5) is 5.17. The van der Waals surface area contributed by atoms with Gasteiger partial charge in [0.15, 0.2) is 0 Å². The molecule has 0 radical (unpaired) electrons. The smallest absolute Gasteiger partial charge is 0.203 e. The topological polar surface area (TPSA) is 41.5 Å². The molecule has 3 nitrogen and oxygen atoms in total. The van der Waals surface area contributed by atoms with Crippen LogP contribution in [0.4, 0.5) is 5.00 Å². The van der Waals surface area contributed by atoms with Crippen LogP contribution in [0.5, 0.6) is 0 Å². The molecular formula is C6H4BrClN2OS3. The fourth-order valence-corrected chi connectivity index (χ4v) is 4.47. The van der Waals surface area contributed by atoms with Crippen LogP contribution >= 0.6 is 50.8 Å². The third kappa shape index (κ3) is 1.88. The minimum absolute atomic E-state index is 0.480. The molecule has 0 saturated carbocycles.